The van der Waals surface area contributed by atoms with Crippen LogP contribution in [0.5, 0.6) is 0 Å². The Morgan fingerprint density at radius 1 is 1.00 bits per heavy atom. The van der Waals surface area contributed by atoms with Crippen LogP contribution in [0.15, 0.2) is 65.1 Å². The first-order valence-electron chi connectivity index (χ1n) is 11.7. The van der Waals surface area contributed by atoms with E-state index in [0.29, 0.717) is 29.4 Å². The highest BCUT2D eigenvalue weighted by Gasteiger charge is 2.23. The van der Waals surface area contributed by atoms with Crippen LogP contribution in [-0.2, 0) is 25.0 Å². The van der Waals surface area contributed by atoms with Gasteiger partial charge in [-0.3, -0.25) is 9.36 Å². The number of aryl methyl sites for hydroxylation is 1. The Kier molecular flexibility index (Phi) is 10.7. The fourth-order valence-corrected chi connectivity index (χ4v) is 5.77. The van der Waals surface area contributed by atoms with Crippen LogP contribution in [0.4, 0.5) is 11.4 Å². The summed E-state index contributed by atoms with van der Waals surface area (Å²) in [7, 11) is -3.15. The van der Waals surface area contributed by atoms with E-state index in [9.17, 15) is 9.36 Å². The molecule has 0 aromatic heterocycles. The Hall–Kier alpha value is -1.99. The van der Waals surface area contributed by atoms with Crippen molar-refractivity contribution in [2.45, 2.75) is 27.4 Å². The minimum atomic E-state index is -3.15. The number of anilines is 2. The van der Waals surface area contributed by atoms with Crippen molar-refractivity contribution in [3.8, 4) is 0 Å². The first-order valence-corrected chi connectivity index (χ1v) is 14.6. The third kappa shape index (κ3) is 7.75. The molecular weight excluding hydrogens is 565 g/mol. The number of halogens is 2. The molecule has 0 atom stereocenters. The quantitative estimate of drug-likeness (QED) is 0.122. The molecule has 6 nitrogen and oxygen atoms in total. The molecule has 0 heterocycles. The van der Waals surface area contributed by atoms with E-state index in [4.69, 9.17) is 25.4 Å². The van der Waals surface area contributed by atoms with Gasteiger partial charge in [0.15, 0.2) is 5.78 Å². The predicted molar refractivity (Wildman–Crippen MR) is 149 cm³/mol. The number of benzene rings is 3. The van der Waals surface area contributed by atoms with Crippen molar-refractivity contribution in [1.82, 2.24) is 0 Å². The third-order valence-corrected chi connectivity index (χ3v) is 8.21. The number of carbonyl (C=O) groups is 1. The minimum Gasteiger partial charge on any atom is -0.376 e. The lowest BCUT2D eigenvalue weighted by Gasteiger charge is -2.17. The van der Waals surface area contributed by atoms with E-state index < -0.39 is 7.60 Å². The van der Waals surface area contributed by atoms with Gasteiger partial charge in [0.25, 0.3) is 0 Å². The molecule has 0 amide bonds. The summed E-state index contributed by atoms with van der Waals surface area (Å²) < 4.78 is 30.0. The summed E-state index contributed by atoms with van der Waals surface area (Å²) >= 11 is 10.0. The lowest BCUT2D eigenvalue weighted by Crippen LogP contribution is -2.07. The molecule has 0 unspecified atom stereocenters. The van der Waals surface area contributed by atoms with Gasteiger partial charge in [0.05, 0.1) is 37.6 Å². The largest absolute Gasteiger partial charge is 0.376 e. The first-order chi connectivity index (χ1) is 17.3. The van der Waals surface area contributed by atoms with Crippen LogP contribution < -0.4 is 5.32 Å². The van der Waals surface area contributed by atoms with Crippen molar-refractivity contribution >= 4 is 52.3 Å². The zero-order chi connectivity index (χ0) is 26.1. The van der Waals surface area contributed by atoms with E-state index >= 15 is 0 Å². The standard InChI is InChI=1S/C27H30BrClNO5P/c1-4-34-36(32,35-5-2)15-14-33-18-20-16-21(28)10-13-26(20)30-22-11-12-24(25(29)17-22)27(31)23-9-7-6-8-19(23)3/h6-13,16-17,30H,4-5,14-15,18H2,1-3H3. The van der Waals surface area contributed by atoms with Crippen LogP contribution in [0.25, 0.3) is 0 Å². The van der Waals surface area contributed by atoms with E-state index in [1.807, 2.05) is 49.4 Å². The molecule has 0 bridgehead atoms. The average Bonchev–Trinajstić information content (AvgIpc) is 2.84. The molecule has 0 aliphatic carbocycles. The second kappa shape index (κ2) is 13.5. The molecule has 9 heteroatoms. The summed E-state index contributed by atoms with van der Waals surface area (Å²) in [5.74, 6) is -0.112. The van der Waals surface area contributed by atoms with Gasteiger partial charge in [0.2, 0.25) is 0 Å². The summed E-state index contributed by atoms with van der Waals surface area (Å²) in [5, 5.41) is 3.72. The topological polar surface area (TPSA) is 73.9 Å². The lowest BCUT2D eigenvalue weighted by molar-refractivity contribution is 0.103. The number of ketones is 1. The molecule has 3 aromatic carbocycles. The van der Waals surface area contributed by atoms with Crippen molar-refractivity contribution in [1.29, 1.82) is 0 Å². The fourth-order valence-electron chi connectivity index (χ4n) is 3.63. The number of hydrogen-bond donors (Lipinski definition) is 1. The zero-order valence-corrected chi connectivity index (χ0v) is 23.8. The maximum absolute atomic E-state index is 13.0. The van der Waals surface area contributed by atoms with Crippen LogP contribution in [0, 0.1) is 6.92 Å². The second-order valence-electron chi connectivity index (χ2n) is 7.99. The summed E-state index contributed by atoms with van der Waals surface area (Å²) in [5.41, 5.74) is 4.43. The molecule has 0 fully saturated rings. The van der Waals surface area contributed by atoms with Crippen LogP contribution in [-0.4, -0.2) is 31.8 Å². The van der Waals surface area contributed by atoms with Crippen molar-refractivity contribution in [2.24, 2.45) is 0 Å². The van der Waals surface area contributed by atoms with Gasteiger partial charge in [-0.25, -0.2) is 0 Å². The lowest BCUT2D eigenvalue weighted by atomic mass is 9.99. The summed E-state index contributed by atoms with van der Waals surface area (Å²) in [6, 6.07) is 18.5. The van der Waals surface area contributed by atoms with Crippen LogP contribution in [0.3, 0.4) is 0 Å². The fraction of sp³-hybridized carbons (Fsp3) is 0.296. The van der Waals surface area contributed by atoms with E-state index in [-0.39, 0.29) is 25.2 Å². The molecule has 0 spiro atoms. The average molecular weight is 595 g/mol. The van der Waals surface area contributed by atoms with E-state index in [1.54, 1.807) is 32.0 Å². The number of hydrogen-bond acceptors (Lipinski definition) is 6. The predicted octanol–water partition coefficient (Wildman–Crippen LogP) is 8.17. The number of ether oxygens (including phenoxy) is 1. The Labute approximate surface area is 226 Å². The van der Waals surface area contributed by atoms with E-state index in [1.165, 1.54) is 0 Å². The van der Waals surface area contributed by atoms with Gasteiger partial charge < -0.3 is 19.1 Å². The molecule has 0 saturated heterocycles. The van der Waals surface area contributed by atoms with Gasteiger partial charge in [0, 0.05) is 32.5 Å². The normalized spacial score (nSPS) is 11.5. The molecule has 0 radical (unpaired) electrons. The number of rotatable bonds is 13. The first kappa shape index (κ1) is 28.6. The van der Waals surface area contributed by atoms with Crippen molar-refractivity contribution in [2.75, 3.05) is 31.3 Å². The second-order valence-corrected chi connectivity index (χ2v) is 11.5. The highest BCUT2D eigenvalue weighted by Crippen LogP contribution is 2.47. The van der Waals surface area contributed by atoms with Crippen molar-refractivity contribution in [3.63, 3.8) is 0 Å². The van der Waals surface area contributed by atoms with Gasteiger partial charge in [-0.2, -0.15) is 0 Å². The smallest absolute Gasteiger partial charge is 0.332 e. The Morgan fingerprint density at radius 2 is 1.72 bits per heavy atom. The Bertz CT molecular complexity index is 1240. The SMILES string of the molecule is CCOP(=O)(CCOCc1cc(Br)ccc1Nc1ccc(C(=O)c2ccccc2C)c(Cl)c1)OCC. The highest BCUT2D eigenvalue weighted by atomic mass is 79.9. The molecule has 0 saturated carbocycles. The molecular formula is C27H30BrClNO5P. The molecule has 0 aliphatic rings. The van der Waals surface area contributed by atoms with Crippen LogP contribution in [0.2, 0.25) is 5.02 Å². The van der Waals surface area contributed by atoms with Crippen LogP contribution >= 0.6 is 35.1 Å². The van der Waals surface area contributed by atoms with Gasteiger partial charge >= 0.3 is 7.60 Å². The number of carbonyl (C=O) groups excluding carboxylic acids is 1. The molecule has 0 aliphatic heterocycles. The molecule has 1 N–H and O–H groups in total. The summed E-state index contributed by atoms with van der Waals surface area (Å²) in [6.45, 7) is 6.61. The third-order valence-electron chi connectivity index (χ3n) is 5.37. The minimum absolute atomic E-state index is 0.112. The molecule has 36 heavy (non-hydrogen) atoms. The van der Waals surface area contributed by atoms with Crippen molar-refractivity contribution < 1.29 is 23.1 Å². The Morgan fingerprint density at radius 3 is 2.39 bits per heavy atom. The van der Waals surface area contributed by atoms with Crippen molar-refractivity contribution in [3.05, 3.63) is 92.4 Å². The zero-order valence-electron chi connectivity index (χ0n) is 20.6. The van der Waals surface area contributed by atoms with Gasteiger partial charge in [-0.15, -0.1) is 0 Å². The van der Waals surface area contributed by atoms with Crippen LogP contribution in [0.1, 0.15) is 40.9 Å². The maximum atomic E-state index is 13.0. The summed E-state index contributed by atoms with van der Waals surface area (Å²) in [4.78, 5) is 13.0. The van der Waals surface area contributed by atoms with E-state index in [2.05, 4.69) is 21.2 Å². The van der Waals surface area contributed by atoms with Gasteiger partial charge in [0.1, 0.15) is 0 Å². The molecule has 3 aromatic rings. The highest BCUT2D eigenvalue weighted by molar-refractivity contribution is 9.10. The number of nitrogens with one attached hydrogen (secondary N) is 1. The molecule has 192 valence electrons. The molecule has 3 rings (SSSR count). The maximum Gasteiger partial charge on any atom is 0.332 e. The summed E-state index contributed by atoms with van der Waals surface area (Å²) in [6.07, 6.45) is 0.178. The van der Waals surface area contributed by atoms with E-state index in [0.717, 1.165) is 27.0 Å². The van der Waals surface area contributed by atoms with Gasteiger partial charge in [-0.1, -0.05) is 51.8 Å². The van der Waals surface area contributed by atoms with Gasteiger partial charge in [-0.05, 0) is 62.7 Å². The Balaban J connectivity index is 1.70. The monoisotopic (exact) mass is 593 g/mol.